The van der Waals surface area contributed by atoms with Crippen molar-refractivity contribution in [1.82, 2.24) is 15.1 Å². The lowest BCUT2D eigenvalue weighted by molar-refractivity contribution is -0.193. The van der Waals surface area contributed by atoms with Gasteiger partial charge in [0.1, 0.15) is 0 Å². The van der Waals surface area contributed by atoms with Crippen molar-refractivity contribution in [2.75, 3.05) is 46.8 Å². The van der Waals surface area contributed by atoms with Crippen LogP contribution in [0.25, 0.3) is 0 Å². The summed E-state index contributed by atoms with van der Waals surface area (Å²) in [5.41, 5.74) is 6.23. The fourth-order valence-electron chi connectivity index (χ4n) is 5.04. The highest BCUT2D eigenvalue weighted by Crippen LogP contribution is 2.27. The van der Waals surface area contributed by atoms with Crippen molar-refractivity contribution in [2.24, 2.45) is 0 Å². The van der Waals surface area contributed by atoms with E-state index in [4.69, 9.17) is 29.7 Å². The molecule has 19 heteroatoms. The second kappa shape index (κ2) is 23.2. The minimum absolute atomic E-state index is 0.232. The highest BCUT2D eigenvalue weighted by atomic mass is 19.4. The largest absolute Gasteiger partial charge is 0.490 e. The van der Waals surface area contributed by atoms with E-state index >= 15 is 0 Å². The smallest absolute Gasteiger partial charge is 0.475 e. The molecule has 0 atom stereocenters. The molecular formula is C37H42F9N3O7. The molecule has 56 heavy (non-hydrogen) atoms. The van der Waals surface area contributed by atoms with Gasteiger partial charge in [-0.15, -0.1) is 0 Å². The highest BCUT2D eigenvalue weighted by molar-refractivity contribution is 5.96. The van der Waals surface area contributed by atoms with Crippen molar-refractivity contribution in [2.45, 2.75) is 50.3 Å². The second-order valence-corrected chi connectivity index (χ2v) is 12.2. The van der Waals surface area contributed by atoms with Gasteiger partial charge in [0.15, 0.2) is 5.78 Å². The first-order chi connectivity index (χ1) is 25.9. The quantitative estimate of drug-likeness (QED) is 0.119. The lowest BCUT2D eigenvalue weighted by Gasteiger charge is -2.30. The Morgan fingerprint density at radius 3 is 1.45 bits per heavy atom. The van der Waals surface area contributed by atoms with Gasteiger partial charge < -0.3 is 25.5 Å². The topological polar surface area (TPSA) is 147 Å². The second-order valence-electron chi connectivity index (χ2n) is 12.2. The molecule has 310 valence electrons. The first-order valence-corrected chi connectivity index (χ1v) is 16.7. The monoisotopic (exact) mass is 811 g/mol. The van der Waals surface area contributed by atoms with Crippen LogP contribution in [0, 0.1) is 0 Å². The van der Waals surface area contributed by atoms with Gasteiger partial charge in [-0.3, -0.25) is 9.69 Å². The average Bonchev–Trinajstić information content (AvgIpc) is 3.36. The zero-order chi connectivity index (χ0) is 42.7. The standard InChI is InChI=1S/C31H39N3O.3C2HF3O2/c1-33(21-9-14-30(35)29-16-15-25-17-19-32-20-18-28(25)24-29)22-23-34(2)31(26-10-5-3-6-11-26)27-12-7-4-8-13-27;3*3-2(4,5)1(6)7/h3-8,10-13,15-16,24,31-32H,9,14,17-23H2,1-2H3;3*(H,6,7). The molecule has 3 aromatic rings. The van der Waals surface area contributed by atoms with Crippen LogP contribution in [0.1, 0.15) is 51.5 Å². The minimum atomic E-state index is -5.08. The predicted octanol–water partition coefficient (Wildman–Crippen LogP) is 6.89. The first-order valence-electron chi connectivity index (χ1n) is 16.7. The van der Waals surface area contributed by atoms with E-state index in [-0.39, 0.29) is 11.8 Å². The summed E-state index contributed by atoms with van der Waals surface area (Å²) in [5.74, 6) is -8.00. The Hall–Kier alpha value is -5.01. The molecule has 4 N–H and O–H groups in total. The number of carbonyl (C=O) groups is 4. The molecule has 0 radical (unpaired) electrons. The highest BCUT2D eigenvalue weighted by Gasteiger charge is 2.39. The number of nitrogens with one attached hydrogen (secondary N) is 1. The van der Waals surface area contributed by atoms with Crippen molar-refractivity contribution in [3.63, 3.8) is 0 Å². The Kier molecular flexibility index (Phi) is 20.3. The fourth-order valence-corrected chi connectivity index (χ4v) is 5.04. The van der Waals surface area contributed by atoms with Crippen LogP contribution in [0.2, 0.25) is 0 Å². The maximum Gasteiger partial charge on any atom is 0.490 e. The van der Waals surface area contributed by atoms with E-state index in [0.717, 1.165) is 57.5 Å². The van der Waals surface area contributed by atoms with Gasteiger partial charge in [0.2, 0.25) is 0 Å². The lowest BCUT2D eigenvalue weighted by atomic mass is 9.97. The van der Waals surface area contributed by atoms with Gasteiger partial charge in [0, 0.05) is 25.1 Å². The molecule has 0 unspecified atom stereocenters. The number of nitrogens with zero attached hydrogens (tertiary/aromatic N) is 2. The Morgan fingerprint density at radius 2 is 1.04 bits per heavy atom. The molecule has 0 saturated heterocycles. The molecule has 0 spiro atoms. The first kappa shape index (κ1) is 49.0. The van der Waals surface area contributed by atoms with Crippen molar-refractivity contribution in [3.05, 3.63) is 107 Å². The number of halogens is 9. The number of hydrogen-bond acceptors (Lipinski definition) is 7. The van der Waals surface area contributed by atoms with Gasteiger partial charge in [-0.1, -0.05) is 72.8 Å². The van der Waals surface area contributed by atoms with Gasteiger partial charge in [-0.2, -0.15) is 39.5 Å². The molecule has 0 fully saturated rings. The summed E-state index contributed by atoms with van der Waals surface area (Å²) in [4.78, 5) is 44.3. The minimum Gasteiger partial charge on any atom is -0.475 e. The van der Waals surface area contributed by atoms with Crippen LogP contribution >= 0.6 is 0 Å². The SMILES string of the molecule is CN(CCCC(=O)c1ccc2c(c1)CCNCC2)CCN(C)C(c1ccccc1)c1ccccc1.O=C(O)C(F)(F)F.O=C(O)C(F)(F)F.O=C(O)C(F)(F)F. The van der Waals surface area contributed by atoms with Gasteiger partial charge in [-0.05, 0) is 81.3 Å². The number of rotatable bonds is 11. The van der Waals surface area contributed by atoms with E-state index in [0.29, 0.717) is 6.42 Å². The molecule has 10 nitrogen and oxygen atoms in total. The van der Waals surface area contributed by atoms with E-state index < -0.39 is 36.4 Å². The number of Topliss-reactive ketones (excluding diaryl/α,β-unsaturated/α-hetero) is 1. The number of carboxylic acids is 3. The van der Waals surface area contributed by atoms with Crippen LogP contribution in [-0.4, -0.2) is 114 Å². The van der Waals surface area contributed by atoms with Crippen molar-refractivity contribution >= 4 is 23.7 Å². The van der Waals surface area contributed by atoms with Crippen molar-refractivity contribution in [1.29, 1.82) is 0 Å². The zero-order valence-corrected chi connectivity index (χ0v) is 30.2. The molecule has 1 aliphatic rings. The van der Waals surface area contributed by atoms with E-state index in [9.17, 15) is 44.3 Å². The summed E-state index contributed by atoms with van der Waals surface area (Å²) in [5, 5.41) is 24.8. The van der Waals surface area contributed by atoms with Crippen LogP contribution in [0.15, 0.2) is 78.9 Å². The number of alkyl halides is 9. The number of hydrogen-bond donors (Lipinski definition) is 4. The summed E-state index contributed by atoms with van der Waals surface area (Å²) < 4.78 is 95.2. The van der Waals surface area contributed by atoms with Gasteiger partial charge in [0.05, 0.1) is 6.04 Å². The van der Waals surface area contributed by atoms with Crippen LogP contribution in [0.4, 0.5) is 39.5 Å². The van der Waals surface area contributed by atoms with E-state index in [1.807, 2.05) is 6.07 Å². The van der Waals surface area contributed by atoms with Crippen molar-refractivity contribution in [3.8, 4) is 0 Å². The summed E-state index contributed by atoms with van der Waals surface area (Å²) >= 11 is 0. The molecule has 1 aliphatic heterocycles. The predicted molar refractivity (Wildman–Crippen MR) is 186 cm³/mol. The third kappa shape index (κ3) is 19.0. The summed E-state index contributed by atoms with van der Waals surface area (Å²) in [6.07, 6.45) is -11.7. The molecule has 4 rings (SSSR count). The molecular weight excluding hydrogens is 769 g/mol. The number of aliphatic carboxylic acids is 3. The average molecular weight is 812 g/mol. The number of likely N-dealkylation sites (N-methyl/N-ethyl adjacent to an activating group) is 2. The molecule has 0 aliphatic carbocycles. The number of fused-ring (bicyclic) bond motifs is 1. The molecule has 1 heterocycles. The van der Waals surface area contributed by atoms with Crippen LogP contribution in [0.5, 0.6) is 0 Å². The van der Waals surface area contributed by atoms with E-state index in [1.165, 1.54) is 22.3 Å². The van der Waals surface area contributed by atoms with Crippen molar-refractivity contribution < 1.29 is 74.0 Å². The van der Waals surface area contributed by atoms with Gasteiger partial charge in [0.25, 0.3) is 0 Å². The number of carbonyl (C=O) groups excluding carboxylic acids is 1. The Labute approximate surface area is 316 Å². The van der Waals surface area contributed by atoms with Gasteiger partial charge >= 0.3 is 36.4 Å². The molecule has 0 bridgehead atoms. The Morgan fingerprint density at radius 1 is 0.625 bits per heavy atom. The summed E-state index contributed by atoms with van der Waals surface area (Å²) in [6.45, 7) is 4.87. The van der Waals surface area contributed by atoms with E-state index in [1.54, 1.807) is 0 Å². The number of benzene rings is 3. The van der Waals surface area contributed by atoms with Gasteiger partial charge in [-0.25, -0.2) is 14.4 Å². The van der Waals surface area contributed by atoms with E-state index in [2.05, 4.69) is 102 Å². The zero-order valence-electron chi connectivity index (χ0n) is 30.2. The summed E-state index contributed by atoms with van der Waals surface area (Å²) in [6, 6.07) is 28.0. The maximum absolute atomic E-state index is 12.8. The van der Waals surface area contributed by atoms with Crippen LogP contribution in [-0.2, 0) is 27.2 Å². The number of carboxylic acid groups (broad SMARTS) is 3. The van der Waals surface area contributed by atoms with Crippen LogP contribution < -0.4 is 5.32 Å². The lowest BCUT2D eigenvalue weighted by Crippen LogP contribution is -2.34. The fraction of sp³-hybridized carbons (Fsp3) is 0.405. The molecule has 0 aromatic heterocycles. The normalized spacial score (nSPS) is 12.8. The number of ketones is 1. The third-order valence-corrected chi connectivity index (χ3v) is 7.85. The summed E-state index contributed by atoms with van der Waals surface area (Å²) in [7, 11) is 4.36. The third-order valence-electron chi connectivity index (χ3n) is 7.85. The van der Waals surface area contributed by atoms with Crippen LogP contribution in [0.3, 0.4) is 0 Å². The maximum atomic E-state index is 12.8. The Balaban J connectivity index is 0.000000610. The molecule has 0 saturated carbocycles. The Bertz CT molecular complexity index is 1580. The molecule has 0 amide bonds. The molecule has 3 aromatic carbocycles.